The molecule has 2 fully saturated rings. The van der Waals surface area contributed by atoms with Crippen LogP contribution in [-0.2, 0) is 9.59 Å². The fourth-order valence-corrected chi connectivity index (χ4v) is 4.23. The zero-order valence-corrected chi connectivity index (χ0v) is 14.8. The third kappa shape index (κ3) is 3.59. The molecule has 1 saturated carbocycles. The average molecular weight is 348 g/mol. The number of carbonyl (C=O) groups is 2. The summed E-state index contributed by atoms with van der Waals surface area (Å²) >= 11 is 1.63. The Kier molecular flexibility index (Phi) is 5.46. The topological polar surface area (TPSA) is 60.9 Å². The van der Waals surface area contributed by atoms with E-state index in [1.807, 2.05) is 35.4 Å². The molecular formula is C18H24N2O3S. The van der Waals surface area contributed by atoms with E-state index >= 15 is 0 Å². The Labute approximate surface area is 147 Å². The van der Waals surface area contributed by atoms with Crippen molar-refractivity contribution in [3.05, 3.63) is 29.8 Å². The number of hydrogen-bond donors (Lipinski definition) is 1. The number of nitrogens with zero attached hydrogens (tertiary/aromatic N) is 2. The van der Waals surface area contributed by atoms with Gasteiger partial charge in [-0.2, -0.15) is 0 Å². The fraction of sp³-hybridized carbons (Fsp3) is 0.556. The number of carboxylic acid groups (broad SMARTS) is 1. The van der Waals surface area contributed by atoms with Crippen LogP contribution in [0.4, 0.5) is 0 Å². The van der Waals surface area contributed by atoms with Crippen LogP contribution in [0.15, 0.2) is 29.2 Å². The lowest BCUT2D eigenvalue weighted by Gasteiger charge is -2.40. The number of carbonyl (C=O) groups excluding carboxylic acids is 1. The van der Waals surface area contributed by atoms with E-state index in [9.17, 15) is 14.7 Å². The number of carboxylic acids is 1. The summed E-state index contributed by atoms with van der Waals surface area (Å²) < 4.78 is 0. The van der Waals surface area contributed by atoms with Crippen molar-refractivity contribution in [3.63, 3.8) is 0 Å². The monoisotopic (exact) mass is 348 g/mol. The molecule has 1 aromatic carbocycles. The first-order valence-electron chi connectivity index (χ1n) is 8.50. The Hall–Kier alpha value is -1.53. The van der Waals surface area contributed by atoms with Crippen molar-refractivity contribution in [3.8, 4) is 0 Å². The van der Waals surface area contributed by atoms with Crippen molar-refractivity contribution in [1.82, 2.24) is 9.80 Å². The molecule has 1 saturated heterocycles. The normalized spacial score (nSPS) is 21.2. The number of rotatable bonds is 5. The largest absolute Gasteiger partial charge is 0.480 e. The molecule has 5 nitrogen and oxygen atoms in total. The van der Waals surface area contributed by atoms with E-state index in [4.69, 9.17) is 0 Å². The minimum Gasteiger partial charge on any atom is -0.480 e. The quantitative estimate of drug-likeness (QED) is 0.829. The van der Waals surface area contributed by atoms with Gasteiger partial charge in [0.15, 0.2) is 0 Å². The summed E-state index contributed by atoms with van der Waals surface area (Å²) in [5, 5.41) is 9.70. The van der Waals surface area contributed by atoms with Gasteiger partial charge >= 0.3 is 5.97 Å². The van der Waals surface area contributed by atoms with Gasteiger partial charge in [0, 0.05) is 24.0 Å². The molecule has 1 aliphatic carbocycles. The number of amides is 1. The zero-order chi connectivity index (χ0) is 17.1. The van der Waals surface area contributed by atoms with Crippen LogP contribution in [0, 0.1) is 0 Å². The van der Waals surface area contributed by atoms with Crippen LogP contribution in [0.25, 0.3) is 0 Å². The van der Waals surface area contributed by atoms with Crippen molar-refractivity contribution < 1.29 is 14.7 Å². The highest BCUT2D eigenvalue weighted by Crippen LogP contribution is 2.28. The smallest absolute Gasteiger partial charge is 0.325 e. The molecule has 2 aliphatic rings. The van der Waals surface area contributed by atoms with Gasteiger partial charge in [-0.25, -0.2) is 0 Å². The number of benzene rings is 1. The fourth-order valence-electron chi connectivity index (χ4n) is 3.82. The molecule has 1 aromatic rings. The molecule has 1 aliphatic heterocycles. The summed E-state index contributed by atoms with van der Waals surface area (Å²) in [5.74, 6) is -0.825. The Morgan fingerprint density at radius 1 is 1.21 bits per heavy atom. The SMILES string of the molecule is CSc1ccc(C(C(=O)O)N2CCN(C3CCCC3)C(=O)C2)cc1. The first-order valence-corrected chi connectivity index (χ1v) is 9.73. The van der Waals surface area contributed by atoms with Gasteiger partial charge in [0.05, 0.1) is 6.54 Å². The minimum absolute atomic E-state index is 0.0696. The molecular weight excluding hydrogens is 324 g/mol. The molecule has 0 spiro atoms. The first-order chi connectivity index (χ1) is 11.6. The molecule has 3 rings (SSSR count). The van der Waals surface area contributed by atoms with Gasteiger partial charge in [-0.05, 0) is 36.8 Å². The second kappa shape index (κ2) is 7.57. The van der Waals surface area contributed by atoms with Crippen LogP contribution in [0.5, 0.6) is 0 Å². The Morgan fingerprint density at radius 3 is 2.42 bits per heavy atom. The molecule has 1 atom stereocenters. The Balaban J connectivity index is 1.73. The summed E-state index contributed by atoms with van der Waals surface area (Å²) in [6.07, 6.45) is 6.55. The van der Waals surface area contributed by atoms with Gasteiger partial charge in [-0.3, -0.25) is 14.5 Å². The highest BCUT2D eigenvalue weighted by atomic mass is 32.2. The van der Waals surface area contributed by atoms with Crippen LogP contribution in [0.1, 0.15) is 37.3 Å². The molecule has 0 radical (unpaired) electrons. The van der Waals surface area contributed by atoms with Gasteiger partial charge in [0.1, 0.15) is 6.04 Å². The predicted octanol–water partition coefficient (Wildman–Crippen LogP) is 2.62. The summed E-state index contributed by atoms with van der Waals surface area (Å²) in [5.41, 5.74) is 0.738. The Morgan fingerprint density at radius 2 is 1.88 bits per heavy atom. The summed E-state index contributed by atoms with van der Waals surface area (Å²) in [4.78, 5) is 29.2. The highest BCUT2D eigenvalue weighted by Gasteiger charge is 2.36. The van der Waals surface area contributed by atoms with Crippen molar-refractivity contribution in [2.75, 3.05) is 25.9 Å². The predicted molar refractivity (Wildman–Crippen MR) is 94.1 cm³/mol. The molecule has 1 amide bonds. The molecule has 1 unspecified atom stereocenters. The van der Waals surface area contributed by atoms with Crippen molar-refractivity contribution in [2.24, 2.45) is 0 Å². The summed E-state index contributed by atoms with van der Waals surface area (Å²) in [6.45, 7) is 1.44. The highest BCUT2D eigenvalue weighted by molar-refractivity contribution is 7.98. The maximum Gasteiger partial charge on any atom is 0.325 e. The third-order valence-corrected chi connectivity index (χ3v) is 5.83. The number of piperazine rings is 1. The van der Waals surface area contributed by atoms with Gasteiger partial charge in [0.2, 0.25) is 5.91 Å². The molecule has 0 aromatic heterocycles. The van der Waals surface area contributed by atoms with E-state index in [1.165, 1.54) is 12.8 Å². The second-order valence-corrected chi connectivity index (χ2v) is 7.39. The lowest BCUT2D eigenvalue weighted by Crippen LogP contribution is -2.55. The molecule has 24 heavy (non-hydrogen) atoms. The lowest BCUT2D eigenvalue weighted by atomic mass is 10.0. The van der Waals surface area contributed by atoms with Gasteiger partial charge in [-0.1, -0.05) is 25.0 Å². The minimum atomic E-state index is -0.894. The molecule has 6 heteroatoms. The van der Waals surface area contributed by atoms with E-state index in [-0.39, 0.29) is 12.5 Å². The van der Waals surface area contributed by atoms with Crippen LogP contribution < -0.4 is 0 Å². The number of aliphatic carboxylic acids is 1. The van der Waals surface area contributed by atoms with Gasteiger partial charge in [-0.15, -0.1) is 11.8 Å². The summed E-state index contributed by atoms with van der Waals surface area (Å²) in [6, 6.07) is 7.20. The molecule has 1 heterocycles. The lowest BCUT2D eigenvalue weighted by molar-refractivity contribution is -0.148. The van der Waals surface area contributed by atoms with E-state index in [1.54, 1.807) is 16.7 Å². The van der Waals surface area contributed by atoms with Gasteiger partial charge < -0.3 is 10.0 Å². The van der Waals surface area contributed by atoms with Crippen molar-refractivity contribution in [1.29, 1.82) is 0 Å². The second-order valence-electron chi connectivity index (χ2n) is 6.51. The van der Waals surface area contributed by atoms with Crippen LogP contribution in [0.3, 0.4) is 0 Å². The van der Waals surface area contributed by atoms with Crippen molar-refractivity contribution in [2.45, 2.75) is 42.7 Å². The van der Waals surface area contributed by atoms with Crippen LogP contribution in [-0.4, -0.2) is 58.7 Å². The summed E-state index contributed by atoms with van der Waals surface area (Å²) in [7, 11) is 0. The van der Waals surface area contributed by atoms with Gasteiger partial charge in [0.25, 0.3) is 0 Å². The van der Waals surface area contributed by atoms with E-state index in [0.717, 1.165) is 23.3 Å². The zero-order valence-electron chi connectivity index (χ0n) is 14.0. The maximum absolute atomic E-state index is 12.5. The third-order valence-electron chi connectivity index (χ3n) is 5.08. The van der Waals surface area contributed by atoms with E-state index in [0.29, 0.717) is 19.1 Å². The van der Waals surface area contributed by atoms with Crippen LogP contribution in [0.2, 0.25) is 0 Å². The van der Waals surface area contributed by atoms with E-state index < -0.39 is 12.0 Å². The molecule has 0 bridgehead atoms. The first kappa shape index (κ1) is 17.3. The number of thioether (sulfide) groups is 1. The number of hydrogen-bond acceptors (Lipinski definition) is 4. The molecule has 130 valence electrons. The van der Waals surface area contributed by atoms with E-state index in [2.05, 4.69) is 0 Å². The van der Waals surface area contributed by atoms with Crippen LogP contribution >= 0.6 is 11.8 Å². The Bertz CT molecular complexity index is 599. The standard InChI is InChI=1S/C18H24N2O3S/c1-24-15-8-6-13(7-9-15)17(18(22)23)19-10-11-20(16(21)12-19)14-4-2-3-5-14/h6-9,14,17H,2-5,10-12H2,1H3,(H,22,23). The molecule has 1 N–H and O–H groups in total. The average Bonchev–Trinajstić information content (AvgIpc) is 3.10. The van der Waals surface area contributed by atoms with Crippen molar-refractivity contribution >= 4 is 23.6 Å². The maximum atomic E-state index is 12.5.